The van der Waals surface area contributed by atoms with Crippen molar-refractivity contribution >= 4 is 11.0 Å². The van der Waals surface area contributed by atoms with E-state index in [4.69, 9.17) is 4.74 Å². The van der Waals surface area contributed by atoms with Crippen LogP contribution in [0.4, 0.5) is 0 Å². The van der Waals surface area contributed by atoms with Gasteiger partial charge in [-0.1, -0.05) is 0 Å². The molecule has 0 bridgehead atoms. The highest BCUT2D eigenvalue weighted by Gasteiger charge is 2.17. The highest BCUT2D eigenvalue weighted by atomic mass is 16.5. The van der Waals surface area contributed by atoms with Crippen molar-refractivity contribution in [3.8, 4) is 0 Å². The Hall–Kier alpha value is -1.47. The molecular weight excluding hydrogens is 304 g/mol. The van der Waals surface area contributed by atoms with Gasteiger partial charge in [-0.3, -0.25) is 0 Å². The summed E-state index contributed by atoms with van der Waals surface area (Å²) < 4.78 is 7.74. The fourth-order valence-electron chi connectivity index (χ4n) is 3.15. The number of hydrogen-bond acceptors (Lipinski definition) is 5. The van der Waals surface area contributed by atoms with Crippen molar-refractivity contribution in [2.75, 3.05) is 39.8 Å². The second-order valence-electron chi connectivity index (χ2n) is 6.89. The van der Waals surface area contributed by atoms with Gasteiger partial charge in [-0.25, -0.2) is 4.98 Å². The van der Waals surface area contributed by atoms with E-state index in [9.17, 15) is 5.11 Å². The van der Waals surface area contributed by atoms with Gasteiger partial charge in [0.05, 0.1) is 42.7 Å². The third kappa shape index (κ3) is 4.13. The molecule has 2 unspecified atom stereocenters. The molecule has 132 valence electrons. The van der Waals surface area contributed by atoms with Gasteiger partial charge in [0.1, 0.15) is 0 Å². The Morgan fingerprint density at radius 1 is 1.38 bits per heavy atom. The zero-order valence-electron chi connectivity index (χ0n) is 14.8. The van der Waals surface area contributed by atoms with Gasteiger partial charge >= 0.3 is 0 Å². The number of benzene rings is 1. The van der Waals surface area contributed by atoms with Crippen LogP contribution in [0.1, 0.15) is 11.1 Å². The van der Waals surface area contributed by atoms with Crippen LogP contribution >= 0.6 is 0 Å². The van der Waals surface area contributed by atoms with E-state index < -0.39 is 6.10 Å². The predicted molar refractivity (Wildman–Crippen MR) is 95.3 cm³/mol. The number of nitrogens with one attached hydrogen (secondary N) is 1. The second-order valence-corrected chi connectivity index (χ2v) is 6.89. The number of imidazole rings is 1. The maximum absolute atomic E-state index is 10.3. The normalized spacial score (nSPS) is 20.6. The molecule has 2 N–H and O–H groups in total. The van der Waals surface area contributed by atoms with E-state index in [1.54, 1.807) is 0 Å². The summed E-state index contributed by atoms with van der Waals surface area (Å²) in [6, 6.07) is 4.24. The van der Waals surface area contributed by atoms with Crippen molar-refractivity contribution < 1.29 is 9.84 Å². The molecule has 1 fully saturated rings. The number of likely N-dealkylation sites (N-methyl/N-ethyl adjacent to an activating group) is 1. The standard InChI is InChI=1S/C18H28N4O2/c1-13-6-17-18(7-14(13)2)22(12-20-17)10-15(23)8-19-9-16-11-21(3)4-5-24-16/h6-7,12,15-16,19,23H,4-5,8-11H2,1-3H3. The lowest BCUT2D eigenvalue weighted by atomic mass is 10.1. The highest BCUT2D eigenvalue weighted by Crippen LogP contribution is 2.18. The number of ether oxygens (including phenoxy) is 1. The molecule has 0 radical (unpaired) electrons. The molecule has 1 aromatic heterocycles. The lowest BCUT2D eigenvalue weighted by molar-refractivity contribution is -0.0192. The number of aliphatic hydroxyl groups excluding tert-OH is 1. The second kappa shape index (κ2) is 7.61. The quantitative estimate of drug-likeness (QED) is 0.824. The molecule has 2 atom stereocenters. The topological polar surface area (TPSA) is 62.5 Å². The number of rotatable bonds is 6. The van der Waals surface area contributed by atoms with Gasteiger partial charge in [-0.15, -0.1) is 0 Å². The Morgan fingerprint density at radius 2 is 2.17 bits per heavy atom. The molecule has 1 aromatic carbocycles. The fourth-order valence-corrected chi connectivity index (χ4v) is 3.15. The summed E-state index contributed by atoms with van der Waals surface area (Å²) in [6.45, 7) is 8.77. The van der Waals surface area contributed by atoms with E-state index in [1.165, 1.54) is 11.1 Å². The first kappa shape index (κ1) is 17.4. The van der Waals surface area contributed by atoms with Crippen molar-refractivity contribution in [3.05, 3.63) is 29.6 Å². The van der Waals surface area contributed by atoms with Gasteiger partial charge in [0.25, 0.3) is 0 Å². The number of morpholine rings is 1. The average Bonchev–Trinajstić information content (AvgIpc) is 2.90. The molecular formula is C18H28N4O2. The van der Waals surface area contributed by atoms with E-state index in [1.807, 2.05) is 10.9 Å². The minimum absolute atomic E-state index is 0.204. The number of fused-ring (bicyclic) bond motifs is 1. The molecule has 3 rings (SSSR count). The predicted octanol–water partition coefficient (Wildman–Crippen LogP) is 0.934. The first-order valence-corrected chi connectivity index (χ1v) is 8.64. The third-order valence-electron chi connectivity index (χ3n) is 4.74. The number of aliphatic hydroxyl groups is 1. The SMILES string of the molecule is Cc1cc2ncn(CC(O)CNCC3CN(C)CCO3)c2cc1C. The van der Waals surface area contributed by atoms with Gasteiger partial charge in [0.15, 0.2) is 0 Å². The maximum atomic E-state index is 10.3. The molecule has 6 nitrogen and oxygen atoms in total. The molecule has 2 aromatic rings. The van der Waals surface area contributed by atoms with Gasteiger partial charge in [0.2, 0.25) is 0 Å². The van der Waals surface area contributed by atoms with Crippen LogP contribution in [0.3, 0.4) is 0 Å². The molecule has 0 spiro atoms. The molecule has 0 saturated carbocycles. The van der Waals surface area contributed by atoms with Crippen molar-refractivity contribution in [1.29, 1.82) is 0 Å². The molecule has 2 heterocycles. The van der Waals surface area contributed by atoms with Crippen LogP contribution in [-0.2, 0) is 11.3 Å². The van der Waals surface area contributed by atoms with E-state index in [0.29, 0.717) is 13.1 Å². The lowest BCUT2D eigenvalue weighted by Gasteiger charge is -2.30. The van der Waals surface area contributed by atoms with Crippen LogP contribution in [0.2, 0.25) is 0 Å². The van der Waals surface area contributed by atoms with Gasteiger partial charge in [-0.2, -0.15) is 0 Å². The van der Waals surface area contributed by atoms with Gasteiger partial charge in [0, 0.05) is 26.2 Å². The summed E-state index contributed by atoms with van der Waals surface area (Å²) in [5.41, 5.74) is 4.55. The van der Waals surface area contributed by atoms with Crippen molar-refractivity contribution in [2.24, 2.45) is 0 Å². The molecule has 0 aliphatic carbocycles. The van der Waals surface area contributed by atoms with Crippen molar-refractivity contribution in [3.63, 3.8) is 0 Å². The van der Waals surface area contributed by atoms with E-state index in [-0.39, 0.29) is 6.10 Å². The Labute approximate surface area is 143 Å². The smallest absolute Gasteiger partial charge is 0.0959 e. The monoisotopic (exact) mass is 332 g/mol. The Bertz CT molecular complexity index is 685. The summed E-state index contributed by atoms with van der Waals surface area (Å²) in [4.78, 5) is 6.71. The molecule has 1 aliphatic heterocycles. The van der Waals surface area contributed by atoms with Crippen molar-refractivity contribution in [1.82, 2.24) is 19.8 Å². The minimum atomic E-state index is -0.453. The molecule has 0 amide bonds. The molecule has 1 aliphatic rings. The van der Waals surface area contributed by atoms with Gasteiger partial charge in [-0.05, 0) is 44.2 Å². The van der Waals surface area contributed by atoms with E-state index in [2.05, 4.69) is 48.2 Å². The van der Waals surface area contributed by atoms with Crippen molar-refractivity contribution in [2.45, 2.75) is 32.6 Å². The Kier molecular flexibility index (Phi) is 5.50. The zero-order valence-corrected chi connectivity index (χ0v) is 14.8. The van der Waals surface area contributed by atoms with Crippen LogP contribution in [0.15, 0.2) is 18.5 Å². The minimum Gasteiger partial charge on any atom is -0.390 e. The van der Waals surface area contributed by atoms with Crippen LogP contribution in [0, 0.1) is 13.8 Å². The van der Waals surface area contributed by atoms with E-state index in [0.717, 1.165) is 37.3 Å². The average molecular weight is 332 g/mol. The first-order valence-electron chi connectivity index (χ1n) is 8.64. The Morgan fingerprint density at radius 3 is 2.96 bits per heavy atom. The summed E-state index contributed by atoms with van der Waals surface area (Å²) in [7, 11) is 2.11. The van der Waals surface area contributed by atoms with Crippen LogP contribution in [0.5, 0.6) is 0 Å². The van der Waals surface area contributed by atoms with Gasteiger partial charge < -0.3 is 24.6 Å². The fraction of sp³-hybridized carbons (Fsp3) is 0.611. The summed E-state index contributed by atoms with van der Waals surface area (Å²) in [6.07, 6.45) is 1.56. The number of aromatic nitrogens is 2. The molecule has 24 heavy (non-hydrogen) atoms. The molecule has 1 saturated heterocycles. The highest BCUT2D eigenvalue weighted by molar-refractivity contribution is 5.77. The number of aryl methyl sites for hydroxylation is 2. The number of nitrogens with zero attached hydrogens (tertiary/aromatic N) is 3. The van der Waals surface area contributed by atoms with Crippen LogP contribution < -0.4 is 5.32 Å². The maximum Gasteiger partial charge on any atom is 0.0959 e. The zero-order chi connectivity index (χ0) is 17.1. The molecule has 6 heteroatoms. The van der Waals surface area contributed by atoms with Crippen LogP contribution in [0.25, 0.3) is 11.0 Å². The van der Waals surface area contributed by atoms with E-state index >= 15 is 0 Å². The lowest BCUT2D eigenvalue weighted by Crippen LogP contribution is -2.46. The third-order valence-corrected chi connectivity index (χ3v) is 4.74. The summed E-state index contributed by atoms with van der Waals surface area (Å²) >= 11 is 0. The Balaban J connectivity index is 1.51. The number of hydrogen-bond donors (Lipinski definition) is 2. The summed E-state index contributed by atoms with van der Waals surface area (Å²) in [5.74, 6) is 0. The summed E-state index contributed by atoms with van der Waals surface area (Å²) in [5, 5.41) is 13.6. The van der Waals surface area contributed by atoms with Crippen LogP contribution in [-0.4, -0.2) is 71.6 Å². The first-order chi connectivity index (χ1) is 11.5. The largest absolute Gasteiger partial charge is 0.390 e.